The van der Waals surface area contributed by atoms with E-state index in [2.05, 4.69) is 0 Å². The van der Waals surface area contributed by atoms with E-state index in [9.17, 15) is 26.0 Å². The minimum absolute atomic E-state index is 0.155. The Morgan fingerprint density at radius 1 is 0.955 bits per heavy atom. The van der Waals surface area contributed by atoms with Crippen molar-refractivity contribution < 1.29 is 26.0 Å². The predicted molar refractivity (Wildman–Crippen MR) is 73.4 cm³/mol. The number of fused-ring (bicyclic) bond motifs is 1. The van der Waals surface area contributed by atoms with Crippen LogP contribution in [0.5, 0.6) is 0 Å². The standard InChI is InChI=1S/C13H8FNO5S2/c14-9-5-7-10(8-6-9)21(17,18)15-13(16)11-3-1-2-4-12(11)22(15,19)20/h1-8H. The van der Waals surface area contributed by atoms with Crippen molar-refractivity contribution in [2.45, 2.75) is 9.79 Å². The lowest BCUT2D eigenvalue weighted by molar-refractivity contribution is 0.0928. The molecule has 0 unspecified atom stereocenters. The lowest BCUT2D eigenvalue weighted by Gasteiger charge is -2.15. The fourth-order valence-electron chi connectivity index (χ4n) is 2.11. The van der Waals surface area contributed by atoms with Gasteiger partial charge in [-0.2, -0.15) is 16.8 Å². The quantitative estimate of drug-likeness (QED) is 0.823. The Labute approximate surface area is 125 Å². The second-order valence-electron chi connectivity index (χ2n) is 4.46. The van der Waals surface area contributed by atoms with E-state index in [0.717, 1.165) is 30.3 Å². The van der Waals surface area contributed by atoms with E-state index >= 15 is 0 Å². The highest BCUT2D eigenvalue weighted by atomic mass is 32.3. The molecule has 2 aromatic carbocycles. The monoisotopic (exact) mass is 341 g/mol. The summed E-state index contributed by atoms with van der Waals surface area (Å²) >= 11 is 0. The van der Waals surface area contributed by atoms with E-state index in [4.69, 9.17) is 0 Å². The summed E-state index contributed by atoms with van der Waals surface area (Å²) in [6, 6.07) is 8.74. The first-order valence-electron chi connectivity index (χ1n) is 5.96. The average Bonchev–Trinajstić information content (AvgIpc) is 2.67. The zero-order chi connectivity index (χ0) is 16.1. The average molecular weight is 341 g/mol. The van der Waals surface area contributed by atoms with E-state index in [0.29, 0.717) is 0 Å². The minimum atomic E-state index is -4.65. The van der Waals surface area contributed by atoms with Crippen molar-refractivity contribution in [3.8, 4) is 0 Å². The molecule has 1 heterocycles. The van der Waals surface area contributed by atoms with Crippen molar-refractivity contribution in [1.29, 1.82) is 0 Å². The molecule has 0 fully saturated rings. The van der Waals surface area contributed by atoms with Crippen molar-refractivity contribution in [1.82, 2.24) is 3.71 Å². The third kappa shape index (κ3) is 1.93. The van der Waals surface area contributed by atoms with E-state index in [-0.39, 0.29) is 14.2 Å². The number of carbonyl (C=O) groups excluding carboxylic acids is 1. The number of sulfonamides is 2. The van der Waals surface area contributed by atoms with Crippen molar-refractivity contribution in [2.24, 2.45) is 0 Å². The van der Waals surface area contributed by atoms with Crippen LogP contribution in [0.25, 0.3) is 0 Å². The lowest BCUT2D eigenvalue weighted by Crippen LogP contribution is -2.36. The number of hydrogen-bond donors (Lipinski definition) is 0. The van der Waals surface area contributed by atoms with Gasteiger partial charge in [0.05, 0.1) is 10.5 Å². The van der Waals surface area contributed by atoms with Gasteiger partial charge in [0, 0.05) is 0 Å². The number of nitrogens with zero attached hydrogens (tertiary/aromatic N) is 1. The predicted octanol–water partition coefficient (Wildman–Crippen LogP) is 1.36. The van der Waals surface area contributed by atoms with Crippen LogP contribution in [0.4, 0.5) is 4.39 Å². The van der Waals surface area contributed by atoms with Crippen molar-refractivity contribution >= 4 is 26.0 Å². The molecule has 9 heteroatoms. The first-order valence-corrected chi connectivity index (χ1v) is 8.84. The van der Waals surface area contributed by atoms with Crippen LogP contribution in [0.3, 0.4) is 0 Å². The summed E-state index contributed by atoms with van der Waals surface area (Å²) in [5.74, 6) is -1.84. The number of rotatable bonds is 2. The Morgan fingerprint density at radius 2 is 1.55 bits per heavy atom. The van der Waals surface area contributed by atoms with E-state index in [1.165, 1.54) is 18.2 Å². The zero-order valence-electron chi connectivity index (χ0n) is 10.8. The van der Waals surface area contributed by atoms with Gasteiger partial charge in [0.2, 0.25) is 0 Å². The molecule has 0 saturated carbocycles. The molecule has 0 saturated heterocycles. The maximum Gasteiger partial charge on any atom is 0.283 e. The second kappa shape index (κ2) is 4.62. The molecule has 6 nitrogen and oxygen atoms in total. The largest absolute Gasteiger partial charge is 0.283 e. The molecule has 0 N–H and O–H groups in total. The highest BCUT2D eigenvalue weighted by Crippen LogP contribution is 2.34. The van der Waals surface area contributed by atoms with Gasteiger partial charge in [-0.3, -0.25) is 4.79 Å². The van der Waals surface area contributed by atoms with Gasteiger partial charge < -0.3 is 0 Å². The van der Waals surface area contributed by atoms with Gasteiger partial charge in [0.15, 0.2) is 0 Å². The maximum absolute atomic E-state index is 12.9. The first-order chi connectivity index (χ1) is 10.3. The molecule has 0 aliphatic carbocycles. The normalized spacial score (nSPS) is 16.6. The van der Waals surface area contributed by atoms with Crippen molar-refractivity contribution in [3.63, 3.8) is 0 Å². The molecule has 0 radical (unpaired) electrons. The molecule has 0 aromatic heterocycles. The third-order valence-corrected chi connectivity index (χ3v) is 7.27. The van der Waals surface area contributed by atoms with Crippen molar-refractivity contribution in [3.05, 3.63) is 59.9 Å². The summed E-state index contributed by atoms with van der Waals surface area (Å²) in [5, 5.41) is 0. The van der Waals surface area contributed by atoms with Crippen LogP contribution in [0.2, 0.25) is 0 Å². The number of carbonyl (C=O) groups is 1. The summed E-state index contributed by atoms with van der Waals surface area (Å²) in [6.45, 7) is 0. The molecule has 1 amide bonds. The Balaban J connectivity index is 2.22. The summed E-state index contributed by atoms with van der Waals surface area (Å²) in [4.78, 5) is 11.3. The topological polar surface area (TPSA) is 88.6 Å². The second-order valence-corrected chi connectivity index (χ2v) is 8.24. The summed E-state index contributed by atoms with van der Waals surface area (Å²) < 4.78 is 62.3. The van der Waals surface area contributed by atoms with Crippen LogP contribution in [0.1, 0.15) is 10.4 Å². The maximum atomic E-state index is 12.9. The summed E-state index contributed by atoms with van der Waals surface area (Å²) in [5.41, 5.74) is -0.215. The van der Waals surface area contributed by atoms with Crippen LogP contribution < -0.4 is 0 Å². The number of benzene rings is 2. The Bertz CT molecular complexity index is 981. The van der Waals surface area contributed by atoms with E-state index < -0.39 is 36.7 Å². The fourth-order valence-corrected chi connectivity index (χ4v) is 5.81. The minimum Gasteiger partial charge on any atom is -0.267 e. The van der Waals surface area contributed by atoms with Gasteiger partial charge in [0.25, 0.3) is 26.0 Å². The highest BCUT2D eigenvalue weighted by molar-refractivity contribution is 8.05. The van der Waals surface area contributed by atoms with Crippen molar-refractivity contribution in [2.75, 3.05) is 0 Å². The van der Waals surface area contributed by atoms with Gasteiger partial charge in [-0.1, -0.05) is 12.1 Å². The number of hydrogen-bond acceptors (Lipinski definition) is 5. The smallest absolute Gasteiger partial charge is 0.267 e. The molecular weight excluding hydrogens is 333 g/mol. The van der Waals surface area contributed by atoms with Crippen LogP contribution in [0.15, 0.2) is 58.3 Å². The van der Waals surface area contributed by atoms with Gasteiger partial charge in [-0.15, -0.1) is 3.71 Å². The van der Waals surface area contributed by atoms with Gasteiger partial charge in [-0.05, 0) is 36.4 Å². The number of halogens is 1. The van der Waals surface area contributed by atoms with Crippen LogP contribution >= 0.6 is 0 Å². The Morgan fingerprint density at radius 3 is 2.14 bits per heavy atom. The van der Waals surface area contributed by atoms with E-state index in [1.807, 2.05) is 0 Å². The summed E-state index contributed by atoms with van der Waals surface area (Å²) in [7, 11) is -9.16. The molecule has 1 aliphatic heterocycles. The van der Waals surface area contributed by atoms with Crippen LogP contribution in [-0.4, -0.2) is 26.5 Å². The molecule has 0 bridgehead atoms. The fraction of sp³-hybridized carbons (Fsp3) is 0. The van der Waals surface area contributed by atoms with Gasteiger partial charge in [-0.25, -0.2) is 4.39 Å². The van der Waals surface area contributed by atoms with Gasteiger partial charge >= 0.3 is 0 Å². The Hall–Kier alpha value is -2.26. The molecule has 2 aromatic rings. The molecule has 0 atom stereocenters. The van der Waals surface area contributed by atoms with Crippen LogP contribution in [-0.2, 0) is 20.0 Å². The molecule has 3 rings (SSSR count). The Kier molecular flexibility index (Phi) is 3.08. The van der Waals surface area contributed by atoms with Crippen LogP contribution in [0, 0.1) is 5.82 Å². The number of amides is 1. The van der Waals surface area contributed by atoms with Gasteiger partial charge in [0.1, 0.15) is 10.7 Å². The molecule has 0 spiro atoms. The molecular formula is C13H8FNO5S2. The highest BCUT2D eigenvalue weighted by Gasteiger charge is 2.48. The molecule has 114 valence electrons. The van der Waals surface area contributed by atoms with E-state index in [1.54, 1.807) is 0 Å². The first kappa shape index (κ1) is 14.7. The third-order valence-electron chi connectivity index (χ3n) is 3.11. The molecule has 22 heavy (non-hydrogen) atoms. The zero-order valence-corrected chi connectivity index (χ0v) is 12.4. The summed E-state index contributed by atoms with van der Waals surface area (Å²) in [6.07, 6.45) is 0. The SMILES string of the molecule is O=C1c2ccccc2S(=O)(=O)N1S(=O)(=O)c1ccc(F)cc1. The molecule has 1 aliphatic rings. The lowest BCUT2D eigenvalue weighted by atomic mass is 10.2.